The molecule has 1 aromatic carbocycles. The van der Waals surface area contributed by atoms with Gasteiger partial charge in [0.1, 0.15) is 5.60 Å². The van der Waals surface area contributed by atoms with Gasteiger partial charge in [0.2, 0.25) is 0 Å². The molecule has 130 valence electrons. The third-order valence-electron chi connectivity index (χ3n) is 3.52. The van der Waals surface area contributed by atoms with Crippen molar-refractivity contribution >= 4 is 6.47 Å². The zero-order valence-electron chi connectivity index (χ0n) is 14.2. The topological polar surface area (TPSA) is 67.8 Å². The maximum atomic E-state index is 13.5. The second kappa shape index (κ2) is 8.26. The molecule has 0 aromatic heterocycles. The van der Waals surface area contributed by atoms with Crippen molar-refractivity contribution in [3.8, 4) is 5.75 Å². The van der Waals surface area contributed by atoms with Gasteiger partial charge in [0, 0.05) is 0 Å². The average molecular weight is 327 g/mol. The molecule has 1 aliphatic heterocycles. The van der Waals surface area contributed by atoms with E-state index in [1.54, 1.807) is 12.1 Å². The third kappa shape index (κ3) is 6.15. The van der Waals surface area contributed by atoms with Gasteiger partial charge in [-0.2, -0.15) is 0 Å². The van der Waals surface area contributed by atoms with Crippen LogP contribution in [0, 0.1) is 5.82 Å². The van der Waals surface area contributed by atoms with E-state index in [1.807, 2.05) is 20.8 Å². The Morgan fingerprint density at radius 3 is 2.30 bits per heavy atom. The van der Waals surface area contributed by atoms with Crippen molar-refractivity contribution in [3.05, 3.63) is 29.6 Å². The largest absolute Gasteiger partial charge is 0.494 e. The Morgan fingerprint density at radius 2 is 1.91 bits per heavy atom. The second-order valence-corrected chi connectivity index (χ2v) is 6.46. The lowest BCUT2D eigenvalue weighted by Gasteiger charge is -2.33. The smallest absolute Gasteiger partial charge is 0.293 e. The Balaban J connectivity index is 0.000000322. The van der Waals surface area contributed by atoms with Gasteiger partial charge in [-0.25, -0.2) is 4.39 Å². The van der Waals surface area contributed by atoms with Crippen molar-refractivity contribution in [2.75, 3.05) is 20.2 Å². The zero-order chi connectivity index (χ0) is 17.5. The standard InChI is InChI=1S/C12H16FNO2.C5H10O2/c1-16-11-3-2-9(8-10(11)13)12(15)4-6-14-7-5-12;1-5(2,3)7-4-6/h2-3,8,14-15H,4-7H2,1H3;4H,1-3H3. The molecule has 1 saturated heterocycles. The second-order valence-electron chi connectivity index (χ2n) is 6.46. The lowest BCUT2D eigenvalue weighted by atomic mass is 9.85. The van der Waals surface area contributed by atoms with Gasteiger partial charge in [-0.3, -0.25) is 4.79 Å². The van der Waals surface area contributed by atoms with E-state index in [0.29, 0.717) is 24.9 Å². The molecule has 1 heterocycles. The number of halogens is 1. The van der Waals surface area contributed by atoms with Gasteiger partial charge >= 0.3 is 0 Å². The molecule has 0 saturated carbocycles. The summed E-state index contributed by atoms with van der Waals surface area (Å²) in [4.78, 5) is 9.60. The molecule has 5 nitrogen and oxygen atoms in total. The number of aliphatic hydroxyl groups is 1. The molecule has 1 fully saturated rings. The van der Waals surface area contributed by atoms with Crippen molar-refractivity contribution < 1.29 is 23.8 Å². The monoisotopic (exact) mass is 327 g/mol. The van der Waals surface area contributed by atoms with Crippen LogP contribution in [0.2, 0.25) is 0 Å². The molecule has 2 N–H and O–H groups in total. The predicted octanol–water partition coefficient (Wildman–Crippen LogP) is 2.36. The van der Waals surface area contributed by atoms with E-state index in [1.165, 1.54) is 13.2 Å². The van der Waals surface area contributed by atoms with Crippen molar-refractivity contribution in [1.29, 1.82) is 0 Å². The summed E-state index contributed by atoms with van der Waals surface area (Å²) in [5.74, 6) is -0.215. The van der Waals surface area contributed by atoms with Gasteiger partial charge < -0.3 is 19.9 Å². The molecule has 0 radical (unpaired) electrons. The summed E-state index contributed by atoms with van der Waals surface area (Å²) in [6.45, 7) is 7.43. The lowest BCUT2D eigenvalue weighted by Crippen LogP contribution is -2.39. The highest BCUT2D eigenvalue weighted by molar-refractivity contribution is 5.37. The number of hydrogen-bond acceptors (Lipinski definition) is 5. The number of hydrogen-bond donors (Lipinski definition) is 2. The highest BCUT2D eigenvalue weighted by atomic mass is 19.1. The number of benzene rings is 1. The van der Waals surface area contributed by atoms with Crippen molar-refractivity contribution in [1.82, 2.24) is 5.32 Å². The number of carbonyl (C=O) groups excluding carboxylic acids is 1. The number of carbonyl (C=O) groups is 1. The fraction of sp³-hybridized carbons (Fsp3) is 0.588. The Bertz CT molecular complexity index is 508. The Labute approximate surface area is 136 Å². The van der Waals surface area contributed by atoms with Crippen LogP contribution in [0.4, 0.5) is 4.39 Å². The van der Waals surface area contributed by atoms with E-state index in [-0.39, 0.29) is 11.4 Å². The number of rotatable bonds is 3. The SMILES string of the molecule is CC(C)(C)OC=O.COc1ccc(C2(O)CCNCC2)cc1F. The quantitative estimate of drug-likeness (QED) is 0.834. The van der Waals surface area contributed by atoms with Crippen molar-refractivity contribution in [2.24, 2.45) is 0 Å². The summed E-state index contributed by atoms with van der Waals surface area (Å²) >= 11 is 0. The minimum atomic E-state index is -0.904. The molecule has 0 amide bonds. The Morgan fingerprint density at radius 1 is 1.30 bits per heavy atom. The summed E-state index contributed by atoms with van der Waals surface area (Å²) < 4.78 is 22.9. The Hall–Kier alpha value is -1.66. The van der Waals surface area contributed by atoms with Crippen LogP contribution in [0.3, 0.4) is 0 Å². The van der Waals surface area contributed by atoms with Gasteiger partial charge in [0.25, 0.3) is 6.47 Å². The summed E-state index contributed by atoms with van der Waals surface area (Å²) in [5, 5.41) is 13.6. The molecule has 0 unspecified atom stereocenters. The van der Waals surface area contributed by atoms with Gasteiger partial charge in [0.15, 0.2) is 11.6 Å². The molecular formula is C17H26FNO4. The number of methoxy groups -OCH3 is 1. The van der Waals surface area contributed by atoms with Crippen LogP contribution in [0.5, 0.6) is 5.75 Å². The first-order valence-corrected chi connectivity index (χ1v) is 7.60. The van der Waals surface area contributed by atoms with Crippen LogP contribution in [-0.4, -0.2) is 37.4 Å². The molecule has 1 aliphatic rings. The lowest BCUT2D eigenvalue weighted by molar-refractivity contribution is -0.138. The van der Waals surface area contributed by atoms with E-state index in [2.05, 4.69) is 10.1 Å². The normalized spacial score (nSPS) is 16.8. The molecule has 0 aliphatic carbocycles. The van der Waals surface area contributed by atoms with Crippen LogP contribution in [0.25, 0.3) is 0 Å². The molecule has 23 heavy (non-hydrogen) atoms. The highest BCUT2D eigenvalue weighted by Crippen LogP contribution is 2.32. The molecule has 0 atom stereocenters. The summed E-state index contributed by atoms with van der Waals surface area (Å²) in [6.07, 6.45) is 1.22. The molecule has 2 rings (SSSR count). The first-order valence-electron chi connectivity index (χ1n) is 7.60. The fourth-order valence-electron chi connectivity index (χ4n) is 2.23. The van der Waals surface area contributed by atoms with Gasteiger partial charge in [-0.15, -0.1) is 0 Å². The molecule has 0 bridgehead atoms. The van der Waals surface area contributed by atoms with Crippen LogP contribution >= 0.6 is 0 Å². The van der Waals surface area contributed by atoms with E-state index >= 15 is 0 Å². The maximum absolute atomic E-state index is 13.5. The van der Waals surface area contributed by atoms with E-state index in [9.17, 15) is 14.3 Å². The van der Waals surface area contributed by atoms with Gasteiger partial charge in [0.05, 0.1) is 12.7 Å². The number of nitrogens with one attached hydrogen (secondary N) is 1. The minimum absolute atomic E-state index is 0.210. The summed E-state index contributed by atoms with van der Waals surface area (Å²) in [7, 11) is 1.43. The van der Waals surface area contributed by atoms with Crippen molar-refractivity contribution in [2.45, 2.75) is 44.8 Å². The van der Waals surface area contributed by atoms with Crippen LogP contribution in [-0.2, 0) is 15.1 Å². The molecule has 0 spiro atoms. The van der Waals surface area contributed by atoms with E-state index in [4.69, 9.17) is 4.74 Å². The van der Waals surface area contributed by atoms with Gasteiger partial charge in [-0.05, 0) is 64.4 Å². The Kier molecular flexibility index (Phi) is 6.97. The first kappa shape index (κ1) is 19.4. The van der Waals surface area contributed by atoms with Crippen LogP contribution in [0.15, 0.2) is 18.2 Å². The summed E-state index contributed by atoms with van der Waals surface area (Å²) in [6, 6.07) is 4.65. The molecule has 6 heteroatoms. The highest BCUT2D eigenvalue weighted by Gasteiger charge is 2.31. The van der Waals surface area contributed by atoms with Gasteiger partial charge in [-0.1, -0.05) is 6.07 Å². The predicted molar refractivity (Wildman–Crippen MR) is 85.9 cm³/mol. The average Bonchev–Trinajstić information content (AvgIpc) is 2.47. The van der Waals surface area contributed by atoms with Crippen LogP contribution in [0.1, 0.15) is 39.2 Å². The molecular weight excluding hydrogens is 301 g/mol. The molecule has 1 aromatic rings. The maximum Gasteiger partial charge on any atom is 0.293 e. The summed E-state index contributed by atoms with van der Waals surface area (Å²) in [5.41, 5.74) is -0.590. The minimum Gasteiger partial charge on any atom is -0.494 e. The zero-order valence-corrected chi connectivity index (χ0v) is 14.2. The van der Waals surface area contributed by atoms with Crippen molar-refractivity contribution in [3.63, 3.8) is 0 Å². The number of piperidine rings is 1. The van der Waals surface area contributed by atoms with E-state index < -0.39 is 11.4 Å². The number of ether oxygens (including phenoxy) is 2. The van der Waals surface area contributed by atoms with Crippen LogP contribution < -0.4 is 10.1 Å². The van der Waals surface area contributed by atoms with E-state index in [0.717, 1.165) is 13.1 Å². The third-order valence-corrected chi connectivity index (χ3v) is 3.52. The first-order chi connectivity index (χ1) is 10.7. The fourth-order valence-corrected chi connectivity index (χ4v) is 2.23.